The smallest absolute Gasteiger partial charge is 0.242 e. The number of aryl methyl sites for hydroxylation is 1. The molecule has 0 saturated carbocycles. The van der Waals surface area contributed by atoms with Gasteiger partial charge in [0.15, 0.2) is 0 Å². The molecule has 0 bridgehead atoms. The first kappa shape index (κ1) is 12.1. The molecule has 1 aromatic rings. The third-order valence-corrected chi connectivity index (χ3v) is 1.90. The van der Waals surface area contributed by atoms with Crippen LogP contribution in [0.1, 0.15) is 32.0 Å². The quantitative estimate of drug-likeness (QED) is 0.688. The first-order valence-corrected chi connectivity index (χ1v) is 5.26. The number of rotatable bonds is 7. The van der Waals surface area contributed by atoms with Crippen molar-refractivity contribution in [1.82, 2.24) is 15.5 Å². The lowest BCUT2D eigenvalue weighted by molar-refractivity contribution is 0.158. The lowest BCUT2D eigenvalue weighted by Gasteiger charge is -2.05. The Hall–Kier alpha value is -0.940. The zero-order valence-corrected chi connectivity index (χ0v) is 9.62. The Labute approximate surface area is 90.2 Å². The Balaban J connectivity index is 2.19. The molecule has 0 aliphatic heterocycles. The molecule has 0 aliphatic carbocycles. The van der Waals surface area contributed by atoms with Gasteiger partial charge in [0.2, 0.25) is 11.8 Å². The zero-order chi connectivity index (χ0) is 11.1. The molecule has 0 aliphatic rings. The van der Waals surface area contributed by atoms with E-state index in [0.29, 0.717) is 24.4 Å². The van der Waals surface area contributed by atoms with Crippen molar-refractivity contribution < 1.29 is 9.15 Å². The predicted molar refractivity (Wildman–Crippen MR) is 56.5 cm³/mol. The van der Waals surface area contributed by atoms with E-state index >= 15 is 0 Å². The Morgan fingerprint density at radius 2 is 2.07 bits per heavy atom. The topological polar surface area (TPSA) is 60.2 Å². The molecule has 0 amide bonds. The molecule has 0 fully saturated rings. The molecule has 0 spiro atoms. The minimum Gasteiger partial charge on any atom is -0.423 e. The molecule has 0 atom stereocenters. The van der Waals surface area contributed by atoms with Crippen LogP contribution in [0.15, 0.2) is 4.42 Å². The molecule has 86 valence electrons. The van der Waals surface area contributed by atoms with Gasteiger partial charge in [-0.15, -0.1) is 10.2 Å². The van der Waals surface area contributed by atoms with Crippen LogP contribution in [0, 0.1) is 0 Å². The predicted octanol–water partition coefficient (Wildman–Crippen LogP) is 1.15. The molecule has 1 heterocycles. The van der Waals surface area contributed by atoms with Gasteiger partial charge in [0, 0.05) is 19.6 Å². The summed E-state index contributed by atoms with van der Waals surface area (Å²) in [6.45, 7) is 5.61. The molecule has 5 heteroatoms. The van der Waals surface area contributed by atoms with Gasteiger partial charge in [0.1, 0.15) is 6.61 Å². The van der Waals surface area contributed by atoms with E-state index in [9.17, 15) is 0 Å². The van der Waals surface area contributed by atoms with Crippen molar-refractivity contribution in [2.45, 2.75) is 39.3 Å². The van der Waals surface area contributed by atoms with Crippen LogP contribution in [0.25, 0.3) is 0 Å². The normalized spacial score (nSPS) is 11.2. The summed E-state index contributed by atoms with van der Waals surface area (Å²) in [5.74, 6) is 1.23. The number of nitrogens with zero attached hydrogens (tertiary/aromatic N) is 2. The van der Waals surface area contributed by atoms with Gasteiger partial charge in [-0.3, -0.25) is 0 Å². The van der Waals surface area contributed by atoms with Crippen molar-refractivity contribution in [1.29, 1.82) is 0 Å². The van der Waals surface area contributed by atoms with Crippen LogP contribution in [0.2, 0.25) is 0 Å². The molecule has 0 unspecified atom stereocenters. The fraction of sp³-hybridized carbons (Fsp3) is 0.800. The minimum atomic E-state index is 0.386. The second kappa shape index (κ2) is 6.53. The van der Waals surface area contributed by atoms with Crippen LogP contribution >= 0.6 is 0 Å². The molecule has 15 heavy (non-hydrogen) atoms. The Morgan fingerprint density at radius 3 is 2.73 bits per heavy atom. The van der Waals surface area contributed by atoms with Crippen molar-refractivity contribution in [3.8, 4) is 0 Å². The van der Waals surface area contributed by atoms with Crippen molar-refractivity contribution in [3.05, 3.63) is 11.8 Å². The standard InChI is InChI=1S/C10H19N3O2/c1-8(2)11-6-4-5-9-12-13-10(15-9)7-14-3/h8,11H,4-7H2,1-3H3. The third-order valence-electron chi connectivity index (χ3n) is 1.90. The summed E-state index contributed by atoms with van der Waals surface area (Å²) in [6.07, 6.45) is 1.82. The first-order chi connectivity index (χ1) is 7.22. The van der Waals surface area contributed by atoms with Crippen molar-refractivity contribution in [2.24, 2.45) is 0 Å². The number of nitrogens with one attached hydrogen (secondary N) is 1. The van der Waals surface area contributed by atoms with E-state index in [4.69, 9.17) is 9.15 Å². The molecule has 1 aromatic heterocycles. The van der Waals surface area contributed by atoms with Gasteiger partial charge in [-0.25, -0.2) is 0 Å². The Bertz CT molecular complexity index is 273. The van der Waals surface area contributed by atoms with Crippen LogP contribution in [0.4, 0.5) is 0 Å². The summed E-state index contributed by atoms with van der Waals surface area (Å²) < 4.78 is 10.2. The van der Waals surface area contributed by atoms with Gasteiger partial charge in [-0.05, 0) is 13.0 Å². The van der Waals surface area contributed by atoms with E-state index < -0.39 is 0 Å². The van der Waals surface area contributed by atoms with Gasteiger partial charge in [-0.1, -0.05) is 13.8 Å². The summed E-state index contributed by atoms with van der Waals surface area (Å²) in [6, 6.07) is 0.525. The van der Waals surface area contributed by atoms with Crippen LogP contribution in [-0.2, 0) is 17.8 Å². The molecule has 1 N–H and O–H groups in total. The van der Waals surface area contributed by atoms with E-state index in [0.717, 1.165) is 19.4 Å². The van der Waals surface area contributed by atoms with Gasteiger partial charge in [0.05, 0.1) is 0 Å². The van der Waals surface area contributed by atoms with Gasteiger partial charge < -0.3 is 14.5 Å². The fourth-order valence-electron chi connectivity index (χ4n) is 1.20. The maximum Gasteiger partial charge on any atom is 0.242 e. The molecular formula is C10H19N3O2. The molecule has 1 rings (SSSR count). The Kier molecular flexibility index (Phi) is 5.28. The van der Waals surface area contributed by atoms with Crippen molar-refractivity contribution in [2.75, 3.05) is 13.7 Å². The SMILES string of the molecule is COCc1nnc(CCCNC(C)C)o1. The molecular weight excluding hydrogens is 194 g/mol. The highest BCUT2D eigenvalue weighted by Crippen LogP contribution is 2.03. The van der Waals surface area contributed by atoms with Gasteiger partial charge in [-0.2, -0.15) is 0 Å². The molecule has 0 aromatic carbocycles. The van der Waals surface area contributed by atoms with E-state index in [1.54, 1.807) is 7.11 Å². The lowest BCUT2D eigenvalue weighted by atomic mass is 10.3. The molecule has 0 radical (unpaired) electrons. The monoisotopic (exact) mass is 213 g/mol. The average molecular weight is 213 g/mol. The third kappa shape index (κ3) is 4.90. The highest BCUT2D eigenvalue weighted by Gasteiger charge is 2.04. The maximum atomic E-state index is 5.36. The fourth-order valence-corrected chi connectivity index (χ4v) is 1.20. The van der Waals surface area contributed by atoms with Gasteiger partial charge in [0.25, 0.3) is 0 Å². The van der Waals surface area contributed by atoms with Crippen LogP contribution < -0.4 is 5.32 Å². The van der Waals surface area contributed by atoms with E-state index in [2.05, 4.69) is 29.4 Å². The van der Waals surface area contributed by atoms with E-state index in [-0.39, 0.29) is 0 Å². The summed E-state index contributed by atoms with van der Waals surface area (Å²) in [4.78, 5) is 0. The Morgan fingerprint density at radius 1 is 1.33 bits per heavy atom. The first-order valence-electron chi connectivity index (χ1n) is 5.26. The summed E-state index contributed by atoms with van der Waals surface area (Å²) in [5.41, 5.74) is 0. The number of aromatic nitrogens is 2. The van der Waals surface area contributed by atoms with Crippen LogP contribution in [-0.4, -0.2) is 29.9 Å². The summed E-state index contributed by atoms with van der Waals surface area (Å²) in [5, 5.41) is 11.1. The highest BCUT2D eigenvalue weighted by atomic mass is 16.5. The number of methoxy groups -OCH3 is 1. The maximum absolute atomic E-state index is 5.36. The number of hydrogen-bond acceptors (Lipinski definition) is 5. The second-order valence-corrected chi connectivity index (χ2v) is 3.73. The number of ether oxygens (including phenoxy) is 1. The minimum absolute atomic E-state index is 0.386. The van der Waals surface area contributed by atoms with E-state index in [1.807, 2.05) is 0 Å². The number of hydrogen-bond donors (Lipinski definition) is 1. The van der Waals surface area contributed by atoms with Gasteiger partial charge >= 0.3 is 0 Å². The molecule has 0 saturated heterocycles. The second-order valence-electron chi connectivity index (χ2n) is 3.73. The summed E-state index contributed by atoms with van der Waals surface area (Å²) >= 11 is 0. The lowest BCUT2D eigenvalue weighted by Crippen LogP contribution is -2.23. The van der Waals surface area contributed by atoms with Crippen LogP contribution in [0.3, 0.4) is 0 Å². The largest absolute Gasteiger partial charge is 0.423 e. The highest BCUT2D eigenvalue weighted by molar-refractivity contribution is 4.80. The van der Waals surface area contributed by atoms with Crippen molar-refractivity contribution >= 4 is 0 Å². The summed E-state index contributed by atoms with van der Waals surface area (Å²) in [7, 11) is 1.61. The zero-order valence-electron chi connectivity index (χ0n) is 9.62. The van der Waals surface area contributed by atoms with Crippen LogP contribution in [0.5, 0.6) is 0 Å². The average Bonchev–Trinajstić information content (AvgIpc) is 2.61. The van der Waals surface area contributed by atoms with E-state index in [1.165, 1.54) is 0 Å². The molecule has 5 nitrogen and oxygen atoms in total. The van der Waals surface area contributed by atoms with Crippen molar-refractivity contribution in [3.63, 3.8) is 0 Å².